The van der Waals surface area contributed by atoms with Crippen LogP contribution in [0.25, 0.3) is 0 Å². The Morgan fingerprint density at radius 3 is 1.97 bits per heavy atom. The van der Waals surface area contributed by atoms with Crippen molar-refractivity contribution in [2.24, 2.45) is 23.7 Å². The summed E-state index contributed by atoms with van der Waals surface area (Å²) < 4.78 is 46.0. The van der Waals surface area contributed by atoms with Gasteiger partial charge < -0.3 is 4.74 Å². The largest absolute Gasteiger partial charge is 0.493 e. The second-order valence-electron chi connectivity index (χ2n) is 10.7. The first-order chi connectivity index (χ1) is 16.2. The minimum absolute atomic E-state index is 0.0161. The summed E-state index contributed by atoms with van der Waals surface area (Å²) in [5.74, 6) is 3.03. The van der Waals surface area contributed by atoms with Crippen LogP contribution in [0.1, 0.15) is 119 Å². The Kier molecular flexibility index (Phi) is 9.91. The third kappa shape index (κ3) is 7.01. The molecule has 0 unspecified atom stereocenters. The first-order valence-corrected chi connectivity index (χ1v) is 13.6. The van der Waals surface area contributed by atoms with Crippen LogP contribution in [0.4, 0.5) is 13.2 Å². The molecule has 2 aliphatic rings. The van der Waals surface area contributed by atoms with Gasteiger partial charge >= 0.3 is 6.18 Å². The molecule has 2 fully saturated rings. The van der Waals surface area contributed by atoms with Gasteiger partial charge in [0.1, 0.15) is 11.3 Å². The smallest absolute Gasteiger partial charge is 0.420 e. The Morgan fingerprint density at radius 2 is 1.47 bits per heavy atom. The van der Waals surface area contributed by atoms with E-state index in [-0.39, 0.29) is 29.3 Å². The molecule has 3 rings (SSSR count). The highest BCUT2D eigenvalue weighted by Crippen LogP contribution is 2.43. The SMILES string of the molecule is CCCC1CCC(C2CCC(CCCC(=O)c3ccc(OCC)c(C(F)(F)F)c3C)CC2)CC1. The van der Waals surface area contributed by atoms with Gasteiger partial charge in [-0.15, -0.1) is 0 Å². The minimum Gasteiger partial charge on any atom is -0.493 e. The number of benzene rings is 1. The average molecular weight is 481 g/mol. The van der Waals surface area contributed by atoms with E-state index in [4.69, 9.17) is 4.74 Å². The molecule has 0 aliphatic heterocycles. The van der Waals surface area contributed by atoms with Gasteiger partial charge in [0.05, 0.1) is 6.61 Å². The Labute approximate surface area is 204 Å². The zero-order valence-corrected chi connectivity index (χ0v) is 21.3. The van der Waals surface area contributed by atoms with Crippen LogP contribution < -0.4 is 4.74 Å². The zero-order valence-electron chi connectivity index (χ0n) is 21.3. The van der Waals surface area contributed by atoms with Gasteiger partial charge in [-0.25, -0.2) is 0 Å². The molecule has 0 spiro atoms. The highest BCUT2D eigenvalue weighted by Gasteiger charge is 2.38. The number of rotatable bonds is 10. The second kappa shape index (κ2) is 12.4. The van der Waals surface area contributed by atoms with E-state index in [1.807, 2.05) is 0 Å². The van der Waals surface area contributed by atoms with Crippen molar-refractivity contribution in [3.63, 3.8) is 0 Å². The van der Waals surface area contributed by atoms with Crippen LogP contribution in [0.2, 0.25) is 0 Å². The third-order valence-corrected chi connectivity index (χ3v) is 8.47. The number of ketones is 1. The van der Waals surface area contributed by atoms with Gasteiger partial charge in [-0.05, 0) is 87.3 Å². The molecule has 34 heavy (non-hydrogen) atoms. The lowest BCUT2D eigenvalue weighted by Crippen LogP contribution is -2.26. The second-order valence-corrected chi connectivity index (χ2v) is 10.7. The minimum atomic E-state index is -4.54. The number of alkyl halides is 3. The molecule has 0 aromatic heterocycles. The van der Waals surface area contributed by atoms with Crippen LogP contribution in [-0.4, -0.2) is 12.4 Å². The molecule has 0 amide bonds. The summed E-state index contributed by atoms with van der Waals surface area (Å²) in [5, 5.41) is 0. The normalized spacial score (nSPS) is 25.8. The van der Waals surface area contributed by atoms with Crippen LogP contribution >= 0.6 is 0 Å². The molecule has 1 aromatic rings. The van der Waals surface area contributed by atoms with E-state index in [1.165, 1.54) is 83.3 Å². The fourth-order valence-corrected chi connectivity index (χ4v) is 6.61. The monoisotopic (exact) mass is 480 g/mol. The lowest BCUT2D eigenvalue weighted by Gasteiger charge is -2.38. The fourth-order valence-electron chi connectivity index (χ4n) is 6.61. The van der Waals surface area contributed by atoms with Crippen molar-refractivity contribution < 1.29 is 22.7 Å². The van der Waals surface area contributed by atoms with Crippen LogP contribution in [0.5, 0.6) is 5.75 Å². The van der Waals surface area contributed by atoms with Gasteiger partial charge in [-0.1, -0.05) is 51.9 Å². The first kappa shape index (κ1) is 27.1. The quantitative estimate of drug-likeness (QED) is 0.312. The highest BCUT2D eigenvalue weighted by atomic mass is 19.4. The Bertz CT molecular complexity index is 785. The van der Waals surface area contributed by atoms with E-state index < -0.39 is 11.7 Å². The van der Waals surface area contributed by atoms with Crippen molar-refractivity contribution in [3.05, 3.63) is 28.8 Å². The molecule has 0 bridgehead atoms. The van der Waals surface area contributed by atoms with Gasteiger partial charge in [0.15, 0.2) is 5.78 Å². The highest BCUT2D eigenvalue weighted by molar-refractivity contribution is 5.98. The van der Waals surface area contributed by atoms with E-state index in [2.05, 4.69) is 6.92 Å². The fraction of sp³-hybridized carbons (Fsp3) is 0.759. The maximum atomic E-state index is 13.6. The number of hydrogen-bond donors (Lipinski definition) is 0. The molecule has 2 saturated carbocycles. The van der Waals surface area contributed by atoms with Gasteiger partial charge in [0.25, 0.3) is 0 Å². The van der Waals surface area contributed by atoms with Crippen LogP contribution in [0.3, 0.4) is 0 Å². The van der Waals surface area contributed by atoms with Crippen molar-refractivity contribution in [1.29, 1.82) is 0 Å². The van der Waals surface area contributed by atoms with Gasteiger partial charge in [-0.3, -0.25) is 4.79 Å². The summed E-state index contributed by atoms with van der Waals surface area (Å²) >= 11 is 0. The summed E-state index contributed by atoms with van der Waals surface area (Å²) in [4.78, 5) is 12.8. The molecule has 0 N–H and O–H groups in total. The summed E-state index contributed by atoms with van der Waals surface area (Å²) in [6.45, 7) is 5.48. The molecule has 0 saturated heterocycles. The molecule has 2 nitrogen and oxygen atoms in total. The van der Waals surface area contributed by atoms with E-state index >= 15 is 0 Å². The molecule has 0 radical (unpaired) electrons. The number of carbonyl (C=O) groups is 1. The maximum absolute atomic E-state index is 13.6. The van der Waals surface area contributed by atoms with Gasteiger partial charge in [-0.2, -0.15) is 13.2 Å². The van der Waals surface area contributed by atoms with Crippen LogP contribution in [0.15, 0.2) is 12.1 Å². The summed E-state index contributed by atoms with van der Waals surface area (Å²) in [7, 11) is 0. The standard InChI is InChI=1S/C29H43F3O2/c1-4-7-21-10-14-23(15-11-21)24-16-12-22(13-17-24)8-6-9-26(33)25-18-19-27(34-5-2)28(20(25)3)29(30,31)32/h18-19,21-24H,4-17H2,1-3H3. The third-order valence-electron chi connectivity index (χ3n) is 8.47. The molecule has 0 heterocycles. The molecule has 0 atom stereocenters. The number of halogens is 3. The Balaban J connectivity index is 1.45. The summed E-state index contributed by atoms with van der Waals surface area (Å²) in [5.41, 5.74) is -0.655. The van der Waals surface area contributed by atoms with Crippen molar-refractivity contribution in [2.45, 2.75) is 110 Å². The summed E-state index contributed by atoms with van der Waals surface area (Å²) in [6, 6.07) is 2.79. The van der Waals surface area contributed by atoms with Gasteiger partial charge in [0.2, 0.25) is 0 Å². The van der Waals surface area contributed by atoms with Crippen molar-refractivity contribution >= 4 is 5.78 Å². The lowest BCUT2D eigenvalue weighted by atomic mass is 9.68. The molecule has 2 aliphatic carbocycles. The van der Waals surface area contributed by atoms with Crippen molar-refractivity contribution in [3.8, 4) is 5.75 Å². The molecular weight excluding hydrogens is 437 g/mol. The molecular formula is C29H43F3O2. The topological polar surface area (TPSA) is 26.3 Å². The number of ether oxygens (including phenoxy) is 1. The molecule has 5 heteroatoms. The van der Waals surface area contributed by atoms with Crippen molar-refractivity contribution in [2.75, 3.05) is 6.61 Å². The van der Waals surface area contributed by atoms with Crippen molar-refractivity contribution in [1.82, 2.24) is 0 Å². The average Bonchev–Trinajstić information content (AvgIpc) is 2.80. The van der Waals surface area contributed by atoms with E-state index in [1.54, 1.807) is 6.92 Å². The molecule has 192 valence electrons. The predicted octanol–water partition coefficient (Wildman–Crippen LogP) is 9.18. The Hall–Kier alpha value is -1.52. The predicted molar refractivity (Wildman–Crippen MR) is 131 cm³/mol. The number of Topliss-reactive ketones (excluding diaryl/α,β-unsaturated/α-hetero) is 1. The van der Waals surface area contributed by atoms with Crippen LogP contribution in [-0.2, 0) is 6.18 Å². The van der Waals surface area contributed by atoms with Gasteiger partial charge in [0, 0.05) is 12.0 Å². The maximum Gasteiger partial charge on any atom is 0.420 e. The number of hydrogen-bond acceptors (Lipinski definition) is 2. The lowest BCUT2D eigenvalue weighted by molar-refractivity contribution is -0.139. The first-order valence-electron chi connectivity index (χ1n) is 13.6. The molecule has 1 aromatic carbocycles. The van der Waals surface area contributed by atoms with E-state index in [9.17, 15) is 18.0 Å². The Morgan fingerprint density at radius 1 is 0.912 bits per heavy atom. The van der Waals surface area contributed by atoms with E-state index in [0.29, 0.717) is 12.3 Å². The zero-order chi connectivity index (χ0) is 24.7. The summed E-state index contributed by atoms with van der Waals surface area (Å²) in [6.07, 6.45) is 11.0. The number of carbonyl (C=O) groups excluding carboxylic acids is 1. The van der Waals surface area contributed by atoms with E-state index in [0.717, 1.165) is 30.6 Å². The van der Waals surface area contributed by atoms with Crippen LogP contribution in [0, 0.1) is 30.6 Å².